The Morgan fingerprint density at radius 3 is 1.44 bits per heavy atom. The summed E-state index contributed by atoms with van der Waals surface area (Å²) in [5.74, 6) is -12.9. The van der Waals surface area contributed by atoms with Gasteiger partial charge in [0, 0.05) is 62.0 Å². The lowest BCUT2D eigenvalue weighted by atomic mass is 10.0. The molecule has 1 aliphatic carbocycles. The first kappa shape index (κ1) is 86.5. The van der Waals surface area contributed by atoms with Gasteiger partial charge in [-0.05, 0) is 87.8 Å². The standard InChI is InChI=1S/C33H46N10O9S2.C31H46N10O9S2/c34-28(48)23-18-54-53-14-11-25(44)39-20(9-4-5-12-37-33(35)36)29(49)38-17-26(45)40-21(16-27(46)47)30(50)41-22(15-19-7-2-1-3-8-19)32(52)43-13-6-10-24(43)31(51)42-23;32-26(46)20-16-52-51-13-10-22(42)37-18(8-3-4-11-35-31(33)34)27(47)36-15-23(43)38-19(14-24(44)45)28(48)40-25(17-6-1-2-7-17)30(50)41-12-5-9-21(41)29(49)39-20/h1-3,7-8,15,20-21,23-24H,4-6,9-14,16-18H2,(H2,34,48)(H,38,49)(H,39,44)(H,40,45)(H,41,50)(H,42,51)(H,46,47)(H4,35,36,37);1,6-7,18-21,25H,2-5,8-16H2,(H2,32,46)(H,36,47)(H,37,42)(H,38,43)(H,39,49)(H,40,48)(H,44,45)(H4,33,34,35)/b22-15+;/t20-,21-,23-,24-;18-,19-,20-,21-,25+/m00/s1. The molecule has 1 aromatic rings. The summed E-state index contributed by atoms with van der Waals surface area (Å²) in [6.07, 6.45) is 8.64. The first-order chi connectivity index (χ1) is 50.5. The van der Waals surface area contributed by atoms with E-state index in [9.17, 15) is 86.9 Å². The third-order valence-corrected chi connectivity index (χ3v) is 21.1. The molecule has 0 aromatic heterocycles. The van der Waals surface area contributed by atoms with E-state index in [1.54, 1.807) is 48.6 Å². The van der Waals surface area contributed by atoms with Gasteiger partial charge in [-0.2, -0.15) is 0 Å². The second-order valence-electron chi connectivity index (χ2n) is 24.4. The fraction of sp³-hybridized carbons (Fsp3) is 0.531. The maximum atomic E-state index is 14.0. The van der Waals surface area contributed by atoms with E-state index in [0.717, 1.165) is 0 Å². The molecule has 4 heterocycles. The lowest BCUT2D eigenvalue weighted by Crippen LogP contribution is -2.59. The Morgan fingerprint density at radius 1 is 0.528 bits per heavy atom. The van der Waals surface area contributed by atoms with Gasteiger partial charge in [0.05, 0.1) is 25.9 Å². The summed E-state index contributed by atoms with van der Waals surface area (Å²) in [6, 6.07) is -2.62. The van der Waals surface area contributed by atoms with Crippen molar-refractivity contribution in [2.24, 2.45) is 44.4 Å². The molecule has 0 bridgehead atoms. The smallest absolute Gasteiger partial charge is 0.305 e. The SMILES string of the molecule is NC(=O)[C@@H]1CSSCCC(=O)N[C@@H](CCCCN=C(N)N)C(=O)NCC(=O)N[C@@H](CC(=O)O)C(=O)N/C(=C/c2ccccc2)C(=O)N2CCC[C@H]2C(=O)N1.NC(=O)[C@@H]1CSSCCC(=O)N[C@@H](CCCCN=C(N)N)C(=O)NCC(=O)N[C@@H](CC(=O)O)C(=O)N[C@H](C2=CCC=C2)C(=O)N2CCC[C@H]2C(=O)N1. The Hall–Kier alpha value is -10.1. The maximum Gasteiger partial charge on any atom is 0.305 e. The first-order valence-electron chi connectivity index (χ1n) is 33.8. The zero-order valence-corrected chi connectivity index (χ0v) is 61.1. The van der Waals surface area contributed by atoms with Crippen LogP contribution < -0.4 is 87.6 Å². The van der Waals surface area contributed by atoms with Gasteiger partial charge in [0.25, 0.3) is 5.91 Å². The zero-order chi connectivity index (χ0) is 77.8. The van der Waals surface area contributed by atoms with Crippen molar-refractivity contribution in [3.05, 3.63) is 65.4 Å². The molecule has 14 amide bonds. The van der Waals surface area contributed by atoms with Crippen molar-refractivity contribution in [3.63, 3.8) is 0 Å². The molecule has 580 valence electrons. The number of amides is 14. The van der Waals surface area contributed by atoms with Crippen LogP contribution in [-0.4, -0.2) is 243 Å². The molecule has 106 heavy (non-hydrogen) atoms. The van der Waals surface area contributed by atoms with Crippen LogP contribution >= 0.6 is 43.2 Å². The van der Waals surface area contributed by atoms with Gasteiger partial charge < -0.3 is 108 Å². The van der Waals surface area contributed by atoms with Gasteiger partial charge in [0.2, 0.25) is 76.8 Å². The number of hydrogen-bond acceptors (Lipinski definition) is 22. The minimum Gasteiger partial charge on any atom is -0.481 e. The molecule has 4 saturated heterocycles. The summed E-state index contributed by atoms with van der Waals surface area (Å²) < 4.78 is 0. The average Bonchev–Trinajstić information content (AvgIpc) is 1.61. The van der Waals surface area contributed by atoms with E-state index in [-0.39, 0.29) is 98.8 Å². The van der Waals surface area contributed by atoms with Gasteiger partial charge in [0.15, 0.2) is 11.9 Å². The highest BCUT2D eigenvalue weighted by Crippen LogP contribution is 2.28. The third-order valence-electron chi connectivity index (χ3n) is 16.3. The van der Waals surface area contributed by atoms with Crippen molar-refractivity contribution in [1.82, 2.24) is 63.0 Å². The van der Waals surface area contributed by atoms with Crippen LogP contribution in [0.25, 0.3) is 6.08 Å². The quantitative estimate of drug-likeness (QED) is 0.0215. The van der Waals surface area contributed by atoms with E-state index >= 15 is 0 Å². The fourth-order valence-corrected chi connectivity index (χ4v) is 15.3. The molecule has 0 radical (unpaired) electrons. The molecule has 42 heteroatoms. The van der Waals surface area contributed by atoms with E-state index < -0.39 is 175 Å². The molecule has 0 spiro atoms. The summed E-state index contributed by atoms with van der Waals surface area (Å²) in [5, 5.41) is 44.0. The highest BCUT2D eigenvalue weighted by atomic mass is 33.1. The Balaban J connectivity index is 0.000000381. The number of rotatable bonds is 18. The first-order valence-corrected chi connectivity index (χ1v) is 38.8. The number of carbonyl (C=O) groups excluding carboxylic acids is 14. The number of nitrogens with two attached hydrogens (primary N) is 6. The molecule has 1 aromatic carbocycles. The van der Waals surface area contributed by atoms with E-state index in [1.807, 2.05) is 0 Å². The predicted molar refractivity (Wildman–Crippen MR) is 394 cm³/mol. The zero-order valence-electron chi connectivity index (χ0n) is 57.9. The number of carboxylic acid groups (broad SMARTS) is 2. The van der Waals surface area contributed by atoms with Crippen molar-refractivity contribution >= 4 is 156 Å². The molecule has 4 aliphatic heterocycles. The van der Waals surface area contributed by atoms with Crippen LogP contribution in [0.15, 0.2) is 69.8 Å². The second kappa shape index (κ2) is 45.3. The van der Waals surface area contributed by atoms with Gasteiger partial charge in [-0.15, -0.1) is 0 Å². The number of unbranched alkanes of at least 4 members (excludes halogenated alkanes) is 2. The number of guanidine groups is 2. The molecule has 6 rings (SSSR count). The number of nitrogens with one attached hydrogen (secondary N) is 10. The normalized spacial score (nSPS) is 24.7. The molecule has 0 unspecified atom stereocenters. The Kier molecular flexibility index (Phi) is 37.0. The summed E-state index contributed by atoms with van der Waals surface area (Å²) in [6.45, 7) is -0.463. The van der Waals surface area contributed by atoms with E-state index in [0.29, 0.717) is 62.6 Å². The Morgan fingerprint density at radius 2 is 0.991 bits per heavy atom. The molecule has 0 saturated carbocycles. The topological polar surface area (TPSA) is 621 Å². The van der Waals surface area contributed by atoms with Gasteiger partial charge in [0.1, 0.15) is 60.1 Å². The van der Waals surface area contributed by atoms with Crippen LogP contribution in [0.2, 0.25) is 0 Å². The number of carbonyl (C=O) groups is 16. The van der Waals surface area contributed by atoms with E-state index in [1.165, 1.54) is 59.1 Å². The molecule has 9 atom stereocenters. The number of carboxylic acids is 2. The van der Waals surface area contributed by atoms with E-state index in [4.69, 9.17) is 34.4 Å². The molecule has 24 N–H and O–H groups in total. The van der Waals surface area contributed by atoms with Crippen LogP contribution in [0, 0.1) is 0 Å². The minimum absolute atomic E-state index is 0.0125. The summed E-state index contributed by atoms with van der Waals surface area (Å²) in [7, 11) is 4.88. The average molecular weight is 1560 g/mol. The predicted octanol–water partition coefficient (Wildman–Crippen LogP) is -5.00. The number of allylic oxidation sites excluding steroid dienone is 2. The van der Waals surface area contributed by atoms with Gasteiger partial charge >= 0.3 is 11.9 Å². The monoisotopic (exact) mass is 1560 g/mol. The molecular weight excluding hydrogens is 1470 g/mol. The van der Waals surface area contributed by atoms with E-state index in [2.05, 4.69) is 63.2 Å². The number of aliphatic carboxylic acids is 2. The van der Waals surface area contributed by atoms with Gasteiger partial charge in [-0.3, -0.25) is 86.7 Å². The number of hydrogen-bond donors (Lipinski definition) is 18. The number of benzene rings is 1. The summed E-state index contributed by atoms with van der Waals surface area (Å²) >= 11 is 0. The minimum atomic E-state index is -1.70. The largest absolute Gasteiger partial charge is 0.481 e. The number of nitrogens with zero attached hydrogens (tertiary/aromatic N) is 4. The van der Waals surface area contributed by atoms with Crippen LogP contribution in [0.1, 0.15) is 102 Å². The van der Waals surface area contributed by atoms with Crippen molar-refractivity contribution < 1.29 is 86.9 Å². The van der Waals surface area contributed by atoms with Gasteiger partial charge in [-0.25, -0.2) is 0 Å². The van der Waals surface area contributed by atoms with Crippen LogP contribution in [0.3, 0.4) is 0 Å². The molecule has 38 nitrogen and oxygen atoms in total. The maximum absolute atomic E-state index is 14.0. The Bertz CT molecular complexity index is 3520. The van der Waals surface area contributed by atoms with Crippen molar-refractivity contribution in [2.75, 3.05) is 62.3 Å². The van der Waals surface area contributed by atoms with Crippen LogP contribution in [0.5, 0.6) is 0 Å². The Labute approximate surface area is 625 Å². The number of aliphatic imine (C=N–C) groups is 2. The van der Waals surface area contributed by atoms with Crippen LogP contribution in [0.4, 0.5) is 0 Å². The second-order valence-corrected chi connectivity index (χ2v) is 29.7. The summed E-state index contributed by atoms with van der Waals surface area (Å²) in [4.78, 5) is 218. The third kappa shape index (κ3) is 30.5. The fourth-order valence-electron chi connectivity index (χ4n) is 11.0. The van der Waals surface area contributed by atoms with Crippen LogP contribution in [-0.2, 0) is 76.7 Å². The van der Waals surface area contributed by atoms with Crippen molar-refractivity contribution in [2.45, 2.75) is 151 Å². The van der Waals surface area contributed by atoms with Gasteiger partial charge in [-0.1, -0.05) is 91.7 Å². The van der Waals surface area contributed by atoms with Crippen molar-refractivity contribution in [3.8, 4) is 0 Å². The lowest BCUT2D eigenvalue weighted by molar-refractivity contribution is -0.143. The molecule has 4 fully saturated rings. The number of fused-ring (bicyclic) bond motifs is 2. The lowest BCUT2D eigenvalue weighted by Gasteiger charge is -2.30. The highest BCUT2D eigenvalue weighted by Gasteiger charge is 2.42. The molecular formula is C64H92N20O18S4. The molecule has 5 aliphatic rings. The van der Waals surface area contributed by atoms with Crippen molar-refractivity contribution in [1.29, 1.82) is 0 Å². The number of primary amides is 2. The highest BCUT2D eigenvalue weighted by molar-refractivity contribution is 8.77. The summed E-state index contributed by atoms with van der Waals surface area (Å²) in [5.41, 5.74) is 33.1.